The molecule has 4 nitrogen and oxygen atoms in total. The fraction of sp³-hybridized carbons (Fsp3) is 0.273. The van der Waals surface area contributed by atoms with Gasteiger partial charge in [-0.2, -0.15) is 5.10 Å². The molecule has 0 aromatic carbocycles. The number of hydrogen-bond donors (Lipinski definition) is 1. The largest absolute Gasteiger partial charge is 0.461 e. The Labute approximate surface area is 88.6 Å². The van der Waals surface area contributed by atoms with E-state index < -0.39 is 5.97 Å². The van der Waals surface area contributed by atoms with Crippen molar-refractivity contribution in [3.8, 4) is 0 Å². The van der Waals surface area contributed by atoms with Gasteiger partial charge in [0.1, 0.15) is 0 Å². The molecule has 1 heterocycles. The molecule has 4 heteroatoms. The number of carbonyl (C=O) groups is 1. The fourth-order valence-electron chi connectivity index (χ4n) is 1.22. The van der Waals surface area contributed by atoms with E-state index in [-0.39, 0.29) is 5.69 Å². The Morgan fingerprint density at radius 2 is 2.40 bits per heavy atom. The lowest BCUT2D eigenvalue weighted by atomic mass is 10.1. The molecule has 80 valence electrons. The maximum Gasteiger partial charge on any atom is 0.359 e. The van der Waals surface area contributed by atoms with Crippen LogP contribution in [0.2, 0.25) is 0 Å². The van der Waals surface area contributed by atoms with Crippen molar-refractivity contribution in [3.05, 3.63) is 29.6 Å². The Balaban J connectivity index is 3.08. The highest BCUT2D eigenvalue weighted by atomic mass is 16.5. The molecule has 0 saturated heterocycles. The SMILES string of the molecule is C=Cc1c(C(=O)OCC)n[nH]c1/C=C\C. The Morgan fingerprint density at radius 3 is 2.93 bits per heavy atom. The van der Waals surface area contributed by atoms with Crippen molar-refractivity contribution in [1.82, 2.24) is 10.2 Å². The van der Waals surface area contributed by atoms with Crippen LogP contribution in [0.3, 0.4) is 0 Å². The molecule has 0 fully saturated rings. The smallest absolute Gasteiger partial charge is 0.359 e. The van der Waals surface area contributed by atoms with Crippen molar-refractivity contribution in [1.29, 1.82) is 0 Å². The molecular formula is C11H14N2O2. The van der Waals surface area contributed by atoms with Crippen LogP contribution in [0.4, 0.5) is 0 Å². The quantitative estimate of drug-likeness (QED) is 0.769. The second kappa shape index (κ2) is 5.14. The maximum atomic E-state index is 11.5. The van der Waals surface area contributed by atoms with Crippen molar-refractivity contribution in [3.63, 3.8) is 0 Å². The van der Waals surface area contributed by atoms with Gasteiger partial charge in [-0.15, -0.1) is 0 Å². The van der Waals surface area contributed by atoms with Gasteiger partial charge in [0.15, 0.2) is 5.69 Å². The van der Waals surface area contributed by atoms with Crippen molar-refractivity contribution in [2.24, 2.45) is 0 Å². The van der Waals surface area contributed by atoms with Gasteiger partial charge < -0.3 is 4.74 Å². The molecule has 15 heavy (non-hydrogen) atoms. The molecular weight excluding hydrogens is 192 g/mol. The highest BCUT2D eigenvalue weighted by molar-refractivity contribution is 5.92. The van der Waals surface area contributed by atoms with Crippen LogP contribution in [-0.2, 0) is 4.74 Å². The minimum Gasteiger partial charge on any atom is -0.461 e. The number of H-pyrrole nitrogens is 1. The maximum absolute atomic E-state index is 11.5. The van der Waals surface area contributed by atoms with Gasteiger partial charge >= 0.3 is 5.97 Å². The first kappa shape index (κ1) is 11.2. The summed E-state index contributed by atoms with van der Waals surface area (Å²) in [6.45, 7) is 7.62. The minimum absolute atomic E-state index is 0.278. The Kier molecular flexibility index (Phi) is 3.85. The van der Waals surface area contributed by atoms with Crippen LogP contribution in [0.15, 0.2) is 12.7 Å². The van der Waals surface area contributed by atoms with Crippen LogP contribution in [0.5, 0.6) is 0 Å². The van der Waals surface area contributed by atoms with Crippen molar-refractivity contribution in [2.75, 3.05) is 6.61 Å². The first-order chi connectivity index (χ1) is 7.24. The van der Waals surface area contributed by atoms with Gasteiger partial charge in [0.05, 0.1) is 12.3 Å². The molecule has 0 spiro atoms. The number of allylic oxidation sites excluding steroid dienone is 1. The topological polar surface area (TPSA) is 55.0 Å². The first-order valence-electron chi connectivity index (χ1n) is 4.75. The number of rotatable bonds is 4. The summed E-state index contributed by atoms with van der Waals surface area (Å²) in [6.07, 6.45) is 5.27. The van der Waals surface area contributed by atoms with Gasteiger partial charge in [-0.3, -0.25) is 5.10 Å². The van der Waals surface area contributed by atoms with Gasteiger partial charge in [0.25, 0.3) is 0 Å². The Morgan fingerprint density at radius 1 is 1.67 bits per heavy atom. The standard InChI is InChI=1S/C11H14N2O2/c1-4-7-9-8(5-2)10(13-12-9)11(14)15-6-3/h4-5,7H,2,6H2,1,3H3,(H,12,13)/b7-4-. The monoisotopic (exact) mass is 206 g/mol. The van der Waals surface area contributed by atoms with E-state index in [1.54, 1.807) is 13.0 Å². The molecule has 1 rings (SSSR count). The Bertz CT molecular complexity index is 391. The zero-order valence-corrected chi connectivity index (χ0v) is 8.91. The summed E-state index contributed by atoms with van der Waals surface area (Å²) in [5.74, 6) is -0.431. The van der Waals surface area contributed by atoms with E-state index in [1.165, 1.54) is 0 Å². The summed E-state index contributed by atoms with van der Waals surface area (Å²) in [4.78, 5) is 11.5. The summed E-state index contributed by atoms with van der Waals surface area (Å²) in [5, 5.41) is 6.66. The second-order valence-corrected chi connectivity index (χ2v) is 2.82. The van der Waals surface area contributed by atoms with E-state index in [4.69, 9.17) is 4.74 Å². The molecule has 1 aromatic rings. The molecule has 0 saturated carbocycles. The summed E-state index contributed by atoms with van der Waals surface area (Å²) in [5.41, 5.74) is 1.71. The first-order valence-corrected chi connectivity index (χ1v) is 4.75. The lowest BCUT2D eigenvalue weighted by Crippen LogP contribution is -2.06. The highest BCUT2D eigenvalue weighted by Gasteiger charge is 2.16. The van der Waals surface area contributed by atoms with E-state index in [9.17, 15) is 4.79 Å². The van der Waals surface area contributed by atoms with Crippen LogP contribution in [0.25, 0.3) is 12.2 Å². The Hall–Kier alpha value is -1.84. The molecule has 1 aromatic heterocycles. The van der Waals surface area contributed by atoms with Crippen molar-refractivity contribution in [2.45, 2.75) is 13.8 Å². The summed E-state index contributed by atoms with van der Waals surface area (Å²) in [6, 6.07) is 0. The lowest BCUT2D eigenvalue weighted by Gasteiger charge is -1.98. The zero-order chi connectivity index (χ0) is 11.3. The van der Waals surface area contributed by atoms with Crippen molar-refractivity contribution >= 4 is 18.1 Å². The molecule has 0 atom stereocenters. The minimum atomic E-state index is -0.431. The van der Waals surface area contributed by atoms with Gasteiger partial charge in [0.2, 0.25) is 0 Å². The normalized spacial score (nSPS) is 10.5. The molecule has 1 N–H and O–H groups in total. The molecule has 0 unspecified atom stereocenters. The third-order valence-electron chi connectivity index (χ3n) is 1.84. The average Bonchev–Trinajstić information content (AvgIpc) is 2.62. The molecule has 0 aliphatic heterocycles. The van der Waals surface area contributed by atoms with E-state index in [2.05, 4.69) is 16.8 Å². The zero-order valence-electron chi connectivity index (χ0n) is 8.91. The van der Waals surface area contributed by atoms with Gasteiger partial charge in [0, 0.05) is 5.56 Å². The molecule has 0 amide bonds. The molecule has 0 radical (unpaired) electrons. The molecule has 0 aliphatic rings. The third kappa shape index (κ3) is 2.34. The van der Waals surface area contributed by atoms with E-state index in [1.807, 2.05) is 19.1 Å². The predicted molar refractivity (Wildman–Crippen MR) is 59.3 cm³/mol. The summed E-state index contributed by atoms with van der Waals surface area (Å²) in [7, 11) is 0. The lowest BCUT2D eigenvalue weighted by molar-refractivity contribution is 0.0519. The second-order valence-electron chi connectivity index (χ2n) is 2.82. The number of nitrogens with zero attached hydrogens (tertiary/aromatic N) is 1. The number of esters is 1. The summed E-state index contributed by atoms with van der Waals surface area (Å²) >= 11 is 0. The van der Waals surface area contributed by atoms with Gasteiger partial charge in [-0.25, -0.2) is 4.79 Å². The highest BCUT2D eigenvalue weighted by Crippen LogP contribution is 2.15. The van der Waals surface area contributed by atoms with Crippen LogP contribution in [0, 0.1) is 0 Å². The molecule has 0 aliphatic carbocycles. The van der Waals surface area contributed by atoms with Gasteiger partial charge in [-0.1, -0.05) is 18.7 Å². The molecule has 0 bridgehead atoms. The van der Waals surface area contributed by atoms with Crippen LogP contribution in [-0.4, -0.2) is 22.8 Å². The number of aromatic amines is 1. The van der Waals surface area contributed by atoms with Crippen LogP contribution >= 0.6 is 0 Å². The van der Waals surface area contributed by atoms with Crippen LogP contribution < -0.4 is 0 Å². The van der Waals surface area contributed by atoms with E-state index in [0.29, 0.717) is 12.2 Å². The number of carbonyl (C=O) groups excluding carboxylic acids is 1. The number of hydrogen-bond acceptors (Lipinski definition) is 3. The number of ether oxygens (including phenoxy) is 1. The van der Waals surface area contributed by atoms with E-state index in [0.717, 1.165) is 5.69 Å². The van der Waals surface area contributed by atoms with Gasteiger partial charge in [-0.05, 0) is 19.9 Å². The number of aromatic nitrogens is 2. The fourth-order valence-corrected chi connectivity index (χ4v) is 1.22. The summed E-state index contributed by atoms with van der Waals surface area (Å²) < 4.78 is 4.87. The third-order valence-corrected chi connectivity index (χ3v) is 1.84. The predicted octanol–water partition coefficient (Wildman–Crippen LogP) is 2.26. The average molecular weight is 206 g/mol. The van der Waals surface area contributed by atoms with E-state index >= 15 is 0 Å². The van der Waals surface area contributed by atoms with Crippen LogP contribution in [0.1, 0.15) is 35.6 Å². The van der Waals surface area contributed by atoms with Crippen molar-refractivity contribution < 1.29 is 9.53 Å². The number of nitrogens with one attached hydrogen (secondary N) is 1.